The van der Waals surface area contributed by atoms with Gasteiger partial charge in [-0.05, 0) is 19.1 Å². The molecule has 0 fully saturated rings. The summed E-state index contributed by atoms with van der Waals surface area (Å²) in [6.45, 7) is 1.72. The molecule has 1 heterocycles. The number of nitrogen functional groups attached to an aromatic ring is 1. The molecule has 0 spiro atoms. The van der Waals surface area contributed by atoms with Crippen LogP contribution >= 0.6 is 15.9 Å². The van der Waals surface area contributed by atoms with Crippen molar-refractivity contribution in [2.45, 2.75) is 6.92 Å². The van der Waals surface area contributed by atoms with Crippen LogP contribution in [0, 0.1) is 17.0 Å². The monoisotopic (exact) mass is 324 g/mol. The molecule has 2 aromatic rings. The van der Waals surface area contributed by atoms with Crippen LogP contribution in [0.5, 0.6) is 11.6 Å². The number of benzene rings is 1. The Kier molecular flexibility index (Phi) is 3.61. The summed E-state index contributed by atoms with van der Waals surface area (Å²) in [5, 5.41) is 10.9. The van der Waals surface area contributed by atoms with E-state index in [1.807, 2.05) is 0 Å². The zero-order valence-electron chi connectivity index (χ0n) is 9.83. The van der Waals surface area contributed by atoms with E-state index in [0.29, 0.717) is 10.2 Å². The van der Waals surface area contributed by atoms with Crippen LogP contribution in [0.3, 0.4) is 0 Å². The molecule has 8 heteroatoms. The highest BCUT2D eigenvalue weighted by Crippen LogP contribution is 2.33. The minimum absolute atomic E-state index is 0.0507. The van der Waals surface area contributed by atoms with Gasteiger partial charge >= 0.3 is 5.69 Å². The van der Waals surface area contributed by atoms with E-state index in [1.165, 1.54) is 12.1 Å². The Hall–Kier alpha value is -2.22. The molecule has 0 unspecified atom stereocenters. The minimum atomic E-state index is -0.530. The highest BCUT2D eigenvalue weighted by molar-refractivity contribution is 9.10. The molecule has 2 rings (SSSR count). The van der Waals surface area contributed by atoms with Crippen molar-refractivity contribution < 1.29 is 9.66 Å². The lowest BCUT2D eigenvalue weighted by molar-refractivity contribution is -0.385. The standard InChI is InChI=1S/C11H9BrN4O3/c1-6-4-10(15-11(13)14-6)19-9-3-2-7(12)5-8(9)16(17)18/h2-5H,1H3,(H2,13,14,15). The number of aryl methyl sites for hydroxylation is 1. The van der Waals surface area contributed by atoms with Crippen molar-refractivity contribution in [1.29, 1.82) is 0 Å². The molecular weight excluding hydrogens is 316 g/mol. The van der Waals surface area contributed by atoms with Gasteiger partial charge in [-0.15, -0.1) is 0 Å². The Morgan fingerprint density at radius 3 is 2.74 bits per heavy atom. The van der Waals surface area contributed by atoms with Gasteiger partial charge in [-0.3, -0.25) is 10.1 Å². The summed E-state index contributed by atoms with van der Waals surface area (Å²) in [7, 11) is 0. The summed E-state index contributed by atoms with van der Waals surface area (Å²) in [4.78, 5) is 18.2. The van der Waals surface area contributed by atoms with Crippen molar-refractivity contribution in [2.24, 2.45) is 0 Å². The van der Waals surface area contributed by atoms with Gasteiger partial charge in [-0.2, -0.15) is 4.98 Å². The predicted molar refractivity (Wildman–Crippen MR) is 72.1 cm³/mol. The van der Waals surface area contributed by atoms with Crippen molar-refractivity contribution >= 4 is 27.6 Å². The highest BCUT2D eigenvalue weighted by Gasteiger charge is 2.17. The Bertz CT molecular complexity index is 628. The number of anilines is 1. The maximum absolute atomic E-state index is 10.9. The smallest absolute Gasteiger partial charge is 0.312 e. The number of nitrogens with two attached hydrogens (primary N) is 1. The molecule has 19 heavy (non-hydrogen) atoms. The SMILES string of the molecule is Cc1cc(Oc2ccc(Br)cc2[N+](=O)[O-])nc(N)n1. The number of aromatic nitrogens is 2. The summed E-state index contributed by atoms with van der Waals surface area (Å²) in [6, 6.07) is 6.02. The number of nitro benzene ring substituents is 1. The summed E-state index contributed by atoms with van der Waals surface area (Å²) in [5.74, 6) is 0.302. The van der Waals surface area contributed by atoms with Crippen LogP contribution < -0.4 is 10.5 Å². The molecule has 0 aliphatic heterocycles. The van der Waals surface area contributed by atoms with Crippen LogP contribution in [0.1, 0.15) is 5.69 Å². The van der Waals surface area contributed by atoms with Gasteiger partial charge in [0, 0.05) is 22.3 Å². The van der Waals surface area contributed by atoms with Gasteiger partial charge in [0.15, 0.2) is 0 Å². The van der Waals surface area contributed by atoms with E-state index in [2.05, 4.69) is 25.9 Å². The number of nitrogens with zero attached hydrogens (tertiary/aromatic N) is 3. The fraction of sp³-hybridized carbons (Fsp3) is 0.0909. The number of halogens is 1. The second kappa shape index (κ2) is 5.19. The second-order valence-electron chi connectivity index (χ2n) is 3.68. The maximum atomic E-state index is 10.9. The van der Waals surface area contributed by atoms with Crippen molar-refractivity contribution in [2.75, 3.05) is 5.73 Å². The first-order chi connectivity index (χ1) is 8.95. The number of nitro groups is 1. The van der Waals surface area contributed by atoms with Gasteiger partial charge in [0.25, 0.3) is 0 Å². The van der Waals surface area contributed by atoms with E-state index in [4.69, 9.17) is 10.5 Å². The number of rotatable bonds is 3. The quantitative estimate of drug-likeness (QED) is 0.687. The van der Waals surface area contributed by atoms with Gasteiger partial charge in [0.1, 0.15) is 0 Å². The summed E-state index contributed by atoms with van der Waals surface area (Å²) >= 11 is 3.17. The first-order valence-electron chi connectivity index (χ1n) is 5.18. The average Bonchev–Trinajstić information content (AvgIpc) is 2.30. The first kappa shape index (κ1) is 13.2. The fourth-order valence-electron chi connectivity index (χ4n) is 1.45. The maximum Gasteiger partial charge on any atom is 0.312 e. The zero-order valence-corrected chi connectivity index (χ0v) is 11.4. The lowest BCUT2D eigenvalue weighted by Gasteiger charge is -2.06. The van der Waals surface area contributed by atoms with Gasteiger partial charge in [-0.25, -0.2) is 4.98 Å². The molecule has 0 radical (unpaired) electrons. The third kappa shape index (κ3) is 3.16. The summed E-state index contributed by atoms with van der Waals surface area (Å²) in [6.07, 6.45) is 0. The normalized spacial score (nSPS) is 10.2. The van der Waals surface area contributed by atoms with Crippen molar-refractivity contribution in [3.05, 3.63) is 44.5 Å². The Morgan fingerprint density at radius 2 is 2.11 bits per heavy atom. The van der Waals surface area contributed by atoms with E-state index in [0.717, 1.165) is 0 Å². The molecular formula is C11H9BrN4O3. The van der Waals surface area contributed by atoms with Crippen LogP contribution in [0.15, 0.2) is 28.7 Å². The lowest BCUT2D eigenvalue weighted by atomic mass is 10.3. The van der Waals surface area contributed by atoms with E-state index >= 15 is 0 Å². The van der Waals surface area contributed by atoms with Crippen molar-refractivity contribution in [3.63, 3.8) is 0 Å². The van der Waals surface area contributed by atoms with Gasteiger partial charge in [0.05, 0.1) is 4.92 Å². The molecule has 7 nitrogen and oxygen atoms in total. The molecule has 0 atom stereocenters. The topological polar surface area (TPSA) is 104 Å². The average molecular weight is 325 g/mol. The van der Waals surface area contributed by atoms with Crippen molar-refractivity contribution in [3.8, 4) is 11.6 Å². The molecule has 0 amide bonds. The molecule has 0 aliphatic rings. The molecule has 1 aromatic heterocycles. The first-order valence-corrected chi connectivity index (χ1v) is 5.98. The van der Waals surface area contributed by atoms with Crippen LogP contribution in [-0.4, -0.2) is 14.9 Å². The third-order valence-corrected chi connectivity index (χ3v) is 2.67. The molecule has 1 aromatic carbocycles. The van der Waals surface area contributed by atoms with E-state index in [9.17, 15) is 10.1 Å². The molecule has 2 N–H and O–H groups in total. The number of ether oxygens (including phenoxy) is 1. The van der Waals surface area contributed by atoms with E-state index < -0.39 is 4.92 Å². The molecule has 0 saturated carbocycles. The Morgan fingerprint density at radius 1 is 1.37 bits per heavy atom. The van der Waals surface area contributed by atoms with Gasteiger partial charge in [-0.1, -0.05) is 15.9 Å². The van der Waals surface area contributed by atoms with E-state index in [-0.39, 0.29) is 23.3 Å². The van der Waals surface area contributed by atoms with Crippen molar-refractivity contribution in [1.82, 2.24) is 9.97 Å². The van der Waals surface area contributed by atoms with Crippen LogP contribution in [0.25, 0.3) is 0 Å². The number of hydrogen-bond donors (Lipinski definition) is 1. The Labute approximate surface area is 116 Å². The highest BCUT2D eigenvalue weighted by atomic mass is 79.9. The summed E-state index contributed by atoms with van der Waals surface area (Å²) < 4.78 is 5.98. The largest absolute Gasteiger partial charge is 0.432 e. The van der Waals surface area contributed by atoms with Crippen LogP contribution in [0.4, 0.5) is 11.6 Å². The van der Waals surface area contributed by atoms with Gasteiger partial charge in [0.2, 0.25) is 17.6 Å². The predicted octanol–water partition coefficient (Wildman–Crippen LogP) is 2.83. The van der Waals surface area contributed by atoms with E-state index in [1.54, 1.807) is 19.1 Å². The fourth-order valence-corrected chi connectivity index (χ4v) is 1.80. The number of hydrogen-bond acceptors (Lipinski definition) is 6. The molecule has 0 aliphatic carbocycles. The Balaban J connectivity index is 2.40. The molecule has 0 bridgehead atoms. The van der Waals surface area contributed by atoms with Gasteiger partial charge < -0.3 is 10.5 Å². The minimum Gasteiger partial charge on any atom is -0.432 e. The lowest BCUT2D eigenvalue weighted by Crippen LogP contribution is -2.00. The third-order valence-electron chi connectivity index (χ3n) is 2.18. The van der Waals surface area contributed by atoms with Crippen LogP contribution in [0.2, 0.25) is 0 Å². The molecule has 98 valence electrons. The zero-order chi connectivity index (χ0) is 14.0. The molecule has 0 saturated heterocycles. The summed E-state index contributed by atoms with van der Waals surface area (Å²) in [5.41, 5.74) is 5.94. The van der Waals surface area contributed by atoms with Crippen LogP contribution in [-0.2, 0) is 0 Å². The second-order valence-corrected chi connectivity index (χ2v) is 4.59.